The summed E-state index contributed by atoms with van der Waals surface area (Å²) in [5.74, 6) is 0.0447. The number of H-pyrrole nitrogens is 1. The molecule has 8 nitrogen and oxygen atoms in total. The number of hydrogen-bond donors (Lipinski definition) is 2. The average Bonchev–Trinajstić information content (AvgIpc) is 2.82. The van der Waals surface area contributed by atoms with Crippen molar-refractivity contribution in [3.8, 4) is 0 Å². The Balaban J connectivity index is 1.62. The lowest BCUT2D eigenvalue weighted by Crippen LogP contribution is -2.33. The first-order chi connectivity index (χ1) is 16.0. The third-order valence-electron chi connectivity index (χ3n) is 5.90. The number of fused-ring (bicyclic) bond motifs is 1. The summed E-state index contributed by atoms with van der Waals surface area (Å²) >= 11 is 1.40. The fraction of sp³-hybridized carbons (Fsp3) is 0.208. The van der Waals surface area contributed by atoms with Gasteiger partial charge in [0.15, 0.2) is 10.9 Å². The molecule has 9 heteroatoms. The number of para-hydroxylation sites is 1. The highest BCUT2D eigenvalue weighted by molar-refractivity contribution is 7.98. The van der Waals surface area contributed by atoms with Gasteiger partial charge in [-0.1, -0.05) is 60.3 Å². The number of nitro benzene ring substituents is 1. The molecule has 0 amide bonds. The van der Waals surface area contributed by atoms with Crippen molar-refractivity contribution in [2.75, 3.05) is 5.32 Å². The third-order valence-corrected chi connectivity index (χ3v) is 6.84. The SMILES string of the molecule is O=C1CCCC2=C1C(c1ccccc1[N+](=O)[O-])c1c(nc(SCc3ccccc3)[nH]c1=O)N2. The maximum absolute atomic E-state index is 13.3. The van der Waals surface area contributed by atoms with Gasteiger partial charge in [0.2, 0.25) is 0 Å². The number of aromatic nitrogens is 2. The Morgan fingerprint density at radius 3 is 2.61 bits per heavy atom. The topological polar surface area (TPSA) is 118 Å². The fourth-order valence-corrected chi connectivity index (χ4v) is 5.26. The molecule has 2 N–H and O–H groups in total. The van der Waals surface area contributed by atoms with Gasteiger partial charge in [0, 0.05) is 35.1 Å². The first kappa shape index (κ1) is 21.1. The number of benzene rings is 2. The van der Waals surface area contributed by atoms with Crippen molar-refractivity contribution in [3.63, 3.8) is 0 Å². The summed E-state index contributed by atoms with van der Waals surface area (Å²) in [6.07, 6.45) is 1.66. The van der Waals surface area contributed by atoms with Gasteiger partial charge < -0.3 is 10.3 Å². The zero-order chi connectivity index (χ0) is 22.9. The van der Waals surface area contributed by atoms with Crippen LogP contribution in [0.1, 0.15) is 41.9 Å². The van der Waals surface area contributed by atoms with Crippen LogP contribution in [0, 0.1) is 10.1 Å². The second kappa shape index (κ2) is 8.67. The Hall–Kier alpha value is -3.72. The largest absolute Gasteiger partial charge is 0.343 e. The van der Waals surface area contributed by atoms with Crippen molar-refractivity contribution >= 4 is 29.1 Å². The lowest BCUT2D eigenvalue weighted by atomic mass is 9.76. The summed E-state index contributed by atoms with van der Waals surface area (Å²) in [5, 5.41) is 15.4. The average molecular weight is 461 g/mol. The van der Waals surface area contributed by atoms with Crippen LogP contribution in [0.5, 0.6) is 0 Å². The molecular weight excluding hydrogens is 440 g/mol. The molecule has 5 rings (SSSR count). The van der Waals surface area contributed by atoms with Crippen molar-refractivity contribution in [1.29, 1.82) is 0 Å². The molecule has 0 fully saturated rings. The second-order valence-electron chi connectivity index (χ2n) is 7.95. The van der Waals surface area contributed by atoms with E-state index < -0.39 is 16.4 Å². The van der Waals surface area contributed by atoms with Crippen LogP contribution in [0.4, 0.5) is 11.5 Å². The lowest BCUT2D eigenvalue weighted by Gasteiger charge is -2.32. The second-order valence-corrected chi connectivity index (χ2v) is 8.91. The van der Waals surface area contributed by atoms with E-state index in [0.717, 1.165) is 5.56 Å². The van der Waals surface area contributed by atoms with E-state index in [-0.39, 0.29) is 17.0 Å². The van der Waals surface area contributed by atoms with Crippen molar-refractivity contribution in [2.45, 2.75) is 36.1 Å². The Bertz CT molecular complexity index is 1350. The van der Waals surface area contributed by atoms with Crippen molar-refractivity contribution < 1.29 is 9.72 Å². The van der Waals surface area contributed by atoms with E-state index in [9.17, 15) is 19.7 Å². The van der Waals surface area contributed by atoms with Gasteiger partial charge in [-0.3, -0.25) is 19.7 Å². The summed E-state index contributed by atoms with van der Waals surface area (Å²) in [5.41, 5.74) is 2.25. The smallest absolute Gasteiger partial charge is 0.273 e. The molecule has 1 atom stereocenters. The van der Waals surface area contributed by atoms with Crippen molar-refractivity contribution in [1.82, 2.24) is 9.97 Å². The first-order valence-corrected chi connectivity index (χ1v) is 11.6. The van der Waals surface area contributed by atoms with E-state index in [1.807, 2.05) is 30.3 Å². The molecule has 3 aromatic rings. The molecule has 2 heterocycles. The van der Waals surface area contributed by atoms with Crippen LogP contribution < -0.4 is 10.9 Å². The maximum Gasteiger partial charge on any atom is 0.273 e. The number of carbonyl (C=O) groups is 1. The number of carbonyl (C=O) groups excluding carboxylic acids is 1. The molecule has 33 heavy (non-hydrogen) atoms. The minimum Gasteiger partial charge on any atom is -0.343 e. The van der Waals surface area contributed by atoms with Crippen LogP contribution in [0.15, 0.2) is 75.8 Å². The van der Waals surface area contributed by atoms with Crippen LogP contribution >= 0.6 is 11.8 Å². The molecule has 2 aliphatic rings. The standard InChI is InChI=1S/C24H20N4O4S/c29-18-12-6-10-16-20(18)19(15-9-4-5-11-17(15)28(31)32)21-22(25-16)26-24(27-23(21)30)33-13-14-7-2-1-3-8-14/h1-5,7-9,11,19H,6,10,12-13H2,(H2,25,26,27,30). The lowest BCUT2D eigenvalue weighted by molar-refractivity contribution is -0.385. The van der Waals surface area contributed by atoms with Crippen LogP contribution in [0.3, 0.4) is 0 Å². The van der Waals surface area contributed by atoms with Crippen LogP contribution in [0.25, 0.3) is 0 Å². The molecule has 0 bridgehead atoms. The van der Waals surface area contributed by atoms with Gasteiger partial charge in [0.1, 0.15) is 5.82 Å². The molecule has 0 saturated heterocycles. The van der Waals surface area contributed by atoms with Crippen LogP contribution in [0.2, 0.25) is 0 Å². The molecule has 1 aliphatic heterocycles. The summed E-state index contributed by atoms with van der Waals surface area (Å²) < 4.78 is 0. The number of aromatic amines is 1. The summed E-state index contributed by atoms with van der Waals surface area (Å²) in [4.78, 5) is 45.0. The Kier molecular flexibility index (Phi) is 5.55. The Morgan fingerprint density at radius 1 is 1.06 bits per heavy atom. The molecule has 1 aliphatic carbocycles. The highest BCUT2D eigenvalue weighted by atomic mass is 32.2. The van der Waals surface area contributed by atoms with Crippen molar-refractivity contribution in [2.24, 2.45) is 0 Å². The number of hydrogen-bond acceptors (Lipinski definition) is 7. The van der Waals surface area contributed by atoms with Crippen molar-refractivity contribution in [3.05, 3.63) is 103 Å². The number of allylic oxidation sites excluding steroid dienone is 2. The number of nitrogens with one attached hydrogen (secondary N) is 2. The maximum atomic E-state index is 13.3. The molecule has 0 saturated carbocycles. The van der Waals surface area contributed by atoms with Crippen LogP contribution in [-0.2, 0) is 10.5 Å². The summed E-state index contributed by atoms with van der Waals surface area (Å²) in [7, 11) is 0. The number of thioether (sulfide) groups is 1. The van der Waals surface area contributed by atoms with E-state index in [2.05, 4.69) is 15.3 Å². The van der Waals surface area contributed by atoms with Gasteiger partial charge in [-0.05, 0) is 18.4 Å². The van der Waals surface area contributed by atoms with Gasteiger partial charge in [-0.25, -0.2) is 4.98 Å². The highest BCUT2D eigenvalue weighted by Gasteiger charge is 2.40. The molecule has 0 radical (unpaired) electrons. The van der Waals surface area contributed by atoms with E-state index in [1.165, 1.54) is 17.8 Å². The third kappa shape index (κ3) is 3.95. The molecule has 1 unspecified atom stereocenters. The van der Waals surface area contributed by atoms with E-state index in [1.54, 1.807) is 18.2 Å². The number of ketones is 1. The number of Topliss-reactive ketones (excluding diaryl/α,β-unsaturated/α-hetero) is 1. The molecule has 2 aromatic carbocycles. The number of rotatable bonds is 5. The van der Waals surface area contributed by atoms with E-state index in [4.69, 9.17) is 0 Å². The minimum atomic E-state index is -0.838. The normalized spacial score (nSPS) is 17.2. The van der Waals surface area contributed by atoms with Gasteiger partial charge in [0.05, 0.1) is 16.4 Å². The van der Waals surface area contributed by atoms with Gasteiger partial charge in [0.25, 0.3) is 11.2 Å². The molecule has 166 valence electrons. The summed E-state index contributed by atoms with van der Waals surface area (Å²) in [6.45, 7) is 0. The predicted molar refractivity (Wildman–Crippen MR) is 125 cm³/mol. The van der Waals surface area contributed by atoms with Gasteiger partial charge in [-0.15, -0.1) is 0 Å². The Labute approximate surface area is 193 Å². The predicted octanol–water partition coefficient (Wildman–Crippen LogP) is 4.53. The quantitative estimate of drug-likeness (QED) is 0.248. The van der Waals surface area contributed by atoms with E-state index in [0.29, 0.717) is 52.8 Å². The minimum absolute atomic E-state index is 0.0977. The van der Waals surface area contributed by atoms with E-state index >= 15 is 0 Å². The number of anilines is 1. The molecule has 1 aromatic heterocycles. The zero-order valence-corrected chi connectivity index (χ0v) is 18.4. The Morgan fingerprint density at radius 2 is 1.82 bits per heavy atom. The van der Waals surface area contributed by atoms with Crippen LogP contribution in [-0.4, -0.2) is 20.7 Å². The zero-order valence-electron chi connectivity index (χ0n) is 17.5. The molecular formula is C24H20N4O4S. The first-order valence-electron chi connectivity index (χ1n) is 10.6. The van der Waals surface area contributed by atoms with Gasteiger partial charge in [-0.2, -0.15) is 0 Å². The monoisotopic (exact) mass is 460 g/mol. The van der Waals surface area contributed by atoms with Gasteiger partial charge >= 0.3 is 0 Å². The fourth-order valence-electron chi connectivity index (χ4n) is 4.44. The summed E-state index contributed by atoms with van der Waals surface area (Å²) in [6, 6.07) is 16.1. The number of nitro groups is 1. The number of nitrogens with zero attached hydrogens (tertiary/aromatic N) is 2. The highest BCUT2D eigenvalue weighted by Crippen LogP contribution is 2.45. The molecule has 0 spiro atoms.